The number of hydrogen-bond acceptors (Lipinski definition) is 3. The molecule has 0 heterocycles. The molecule has 1 amide bonds. The van der Waals surface area contributed by atoms with Gasteiger partial charge in [-0.15, -0.1) is 0 Å². The normalized spacial score (nSPS) is 16.6. The first-order chi connectivity index (χ1) is 9.68. The van der Waals surface area contributed by atoms with Crippen molar-refractivity contribution in [3.05, 3.63) is 28.0 Å². The van der Waals surface area contributed by atoms with Gasteiger partial charge in [0.1, 0.15) is 10.7 Å². The van der Waals surface area contributed by atoms with Gasteiger partial charge in [0.25, 0.3) is 5.91 Å². The van der Waals surface area contributed by atoms with Crippen molar-refractivity contribution >= 4 is 31.9 Å². The Morgan fingerprint density at radius 1 is 1.52 bits per heavy atom. The summed E-state index contributed by atoms with van der Waals surface area (Å²) >= 11 is 3.07. The topological polar surface area (TPSA) is 89.3 Å². The fourth-order valence-corrected chi connectivity index (χ4v) is 3.24. The molecule has 0 aliphatic heterocycles. The molecular weight excluding hydrogens is 363 g/mol. The number of amides is 1. The van der Waals surface area contributed by atoms with Crippen molar-refractivity contribution in [1.82, 2.24) is 5.32 Å². The fourth-order valence-electron chi connectivity index (χ4n) is 2.14. The van der Waals surface area contributed by atoms with Crippen LogP contribution in [0.15, 0.2) is 21.5 Å². The molecule has 1 unspecified atom stereocenters. The lowest BCUT2D eigenvalue weighted by Gasteiger charge is -2.15. The van der Waals surface area contributed by atoms with Crippen molar-refractivity contribution in [2.24, 2.45) is 11.1 Å². The summed E-state index contributed by atoms with van der Waals surface area (Å²) in [6, 6.07) is 1.86. The summed E-state index contributed by atoms with van der Waals surface area (Å²) in [5.74, 6) is -0.802. The third kappa shape index (κ3) is 4.24. The van der Waals surface area contributed by atoms with Crippen molar-refractivity contribution in [3.63, 3.8) is 0 Å². The molecule has 1 aromatic carbocycles. The highest BCUT2D eigenvalue weighted by Crippen LogP contribution is 2.33. The van der Waals surface area contributed by atoms with Crippen molar-refractivity contribution in [2.45, 2.75) is 37.1 Å². The van der Waals surface area contributed by atoms with Crippen molar-refractivity contribution < 1.29 is 17.6 Å². The van der Waals surface area contributed by atoms with Crippen LogP contribution in [0.2, 0.25) is 0 Å². The van der Waals surface area contributed by atoms with E-state index in [1.165, 1.54) is 12.8 Å². The van der Waals surface area contributed by atoms with E-state index in [9.17, 15) is 17.6 Å². The number of carbonyl (C=O) groups excluding carboxylic acids is 1. The van der Waals surface area contributed by atoms with E-state index in [1.54, 1.807) is 0 Å². The lowest BCUT2D eigenvalue weighted by Crippen LogP contribution is -2.33. The molecule has 1 aliphatic rings. The average Bonchev–Trinajstić information content (AvgIpc) is 3.10. The summed E-state index contributed by atoms with van der Waals surface area (Å²) in [5, 5.41) is 7.72. The van der Waals surface area contributed by atoms with Crippen molar-refractivity contribution in [3.8, 4) is 0 Å². The number of hydrogen-bond donors (Lipinski definition) is 2. The Kier molecular flexibility index (Phi) is 4.69. The fraction of sp³-hybridized carbons (Fsp3) is 0.462. The molecule has 3 N–H and O–H groups in total. The quantitative estimate of drug-likeness (QED) is 0.822. The number of nitrogens with two attached hydrogens (primary N) is 1. The molecule has 1 aromatic rings. The Bertz CT molecular complexity index is 674. The van der Waals surface area contributed by atoms with Crippen LogP contribution < -0.4 is 10.5 Å². The molecule has 1 fully saturated rings. The maximum Gasteiger partial charge on any atom is 0.252 e. The maximum atomic E-state index is 13.6. The molecule has 1 aliphatic carbocycles. The van der Waals surface area contributed by atoms with Crippen molar-refractivity contribution in [1.29, 1.82) is 0 Å². The molecule has 1 atom stereocenters. The van der Waals surface area contributed by atoms with E-state index in [-0.39, 0.29) is 16.1 Å². The highest BCUT2D eigenvalue weighted by atomic mass is 79.9. The second kappa shape index (κ2) is 6.02. The van der Waals surface area contributed by atoms with E-state index in [1.807, 2.05) is 6.92 Å². The van der Waals surface area contributed by atoms with E-state index in [2.05, 4.69) is 21.2 Å². The van der Waals surface area contributed by atoms with E-state index in [4.69, 9.17) is 5.14 Å². The monoisotopic (exact) mass is 378 g/mol. The Morgan fingerprint density at radius 3 is 2.67 bits per heavy atom. The summed E-state index contributed by atoms with van der Waals surface area (Å²) in [7, 11) is -4.22. The first-order valence-corrected chi connectivity index (χ1v) is 8.85. The van der Waals surface area contributed by atoms with Gasteiger partial charge < -0.3 is 5.32 Å². The van der Waals surface area contributed by atoms with E-state index < -0.39 is 26.6 Å². The molecule has 8 heteroatoms. The first-order valence-electron chi connectivity index (χ1n) is 6.51. The van der Waals surface area contributed by atoms with Gasteiger partial charge in [0.15, 0.2) is 0 Å². The smallest absolute Gasteiger partial charge is 0.252 e. The number of nitrogens with one attached hydrogen (secondary N) is 1. The van der Waals surface area contributed by atoms with Crippen LogP contribution >= 0.6 is 15.9 Å². The van der Waals surface area contributed by atoms with Crippen LogP contribution in [-0.2, 0) is 10.0 Å². The zero-order valence-corrected chi connectivity index (χ0v) is 13.8. The Labute approximate surface area is 131 Å². The molecule has 0 spiro atoms. The Morgan fingerprint density at radius 2 is 2.14 bits per heavy atom. The third-order valence-corrected chi connectivity index (χ3v) is 4.92. The van der Waals surface area contributed by atoms with Crippen LogP contribution in [0, 0.1) is 11.7 Å². The van der Waals surface area contributed by atoms with Gasteiger partial charge in [0.2, 0.25) is 10.0 Å². The van der Waals surface area contributed by atoms with Gasteiger partial charge in [-0.05, 0) is 47.3 Å². The number of rotatable bonds is 5. The van der Waals surface area contributed by atoms with Gasteiger partial charge in [-0.2, -0.15) is 0 Å². The van der Waals surface area contributed by atoms with Gasteiger partial charge >= 0.3 is 0 Å². The van der Waals surface area contributed by atoms with Crippen LogP contribution in [0.3, 0.4) is 0 Å². The second-order valence-electron chi connectivity index (χ2n) is 5.36. The average molecular weight is 379 g/mol. The molecule has 21 heavy (non-hydrogen) atoms. The lowest BCUT2D eigenvalue weighted by atomic mass is 10.1. The summed E-state index contributed by atoms with van der Waals surface area (Å²) in [6.45, 7) is 1.88. The maximum absolute atomic E-state index is 13.6. The largest absolute Gasteiger partial charge is 0.350 e. The van der Waals surface area contributed by atoms with Gasteiger partial charge in [-0.3, -0.25) is 4.79 Å². The number of primary sulfonamides is 1. The van der Waals surface area contributed by atoms with E-state index in [0.717, 1.165) is 18.6 Å². The summed E-state index contributed by atoms with van der Waals surface area (Å²) < 4.78 is 36.4. The zero-order valence-electron chi connectivity index (χ0n) is 11.4. The van der Waals surface area contributed by atoms with Gasteiger partial charge in [-0.25, -0.2) is 17.9 Å². The Hall–Kier alpha value is -0.990. The number of carbonyl (C=O) groups is 1. The van der Waals surface area contributed by atoms with Gasteiger partial charge in [0.05, 0.1) is 5.56 Å². The summed E-state index contributed by atoms with van der Waals surface area (Å²) in [5.41, 5.74) is 0.0445. The zero-order chi connectivity index (χ0) is 15.8. The number of halogens is 2. The molecule has 2 rings (SSSR count). The van der Waals surface area contributed by atoms with Gasteiger partial charge in [-0.1, -0.05) is 12.8 Å². The molecule has 5 nitrogen and oxygen atoms in total. The Balaban J connectivity index is 2.23. The second-order valence-corrected chi connectivity index (χ2v) is 7.75. The van der Waals surface area contributed by atoms with Crippen LogP contribution in [0.4, 0.5) is 4.39 Å². The van der Waals surface area contributed by atoms with Crippen LogP contribution in [0.25, 0.3) is 0 Å². The van der Waals surface area contributed by atoms with Gasteiger partial charge in [0, 0.05) is 10.5 Å². The summed E-state index contributed by atoms with van der Waals surface area (Å²) in [6.07, 6.45) is 3.23. The molecule has 0 bridgehead atoms. The molecular formula is C13H16BrFN2O3S. The molecule has 0 radical (unpaired) electrons. The van der Waals surface area contributed by atoms with E-state index in [0.29, 0.717) is 5.92 Å². The van der Waals surface area contributed by atoms with E-state index >= 15 is 0 Å². The lowest BCUT2D eigenvalue weighted by molar-refractivity contribution is 0.0936. The first kappa shape index (κ1) is 16.4. The molecule has 1 saturated carbocycles. The summed E-state index contributed by atoms with van der Waals surface area (Å²) in [4.78, 5) is 11.5. The minimum Gasteiger partial charge on any atom is -0.350 e. The highest BCUT2D eigenvalue weighted by Gasteiger charge is 2.25. The predicted molar refractivity (Wildman–Crippen MR) is 79.7 cm³/mol. The number of benzene rings is 1. The minimum atomic E-state index is -4.22. The van der Waals surface area contributed by atoms with Crippen LogP contribution in [0.5, 0.6) is 0 Å². The highest BCUT2D eigenvalue weighted by molar-refractivity contribution is 9.10. The standard InChI is InChI=1S/C13H16BrFN2O3S/c1-7(4-8-2-3-8)17-13(18)9-5-12(21(16,19)20)11(15)6-10(9)14/h5-8H,2-4H2,1H3,(H,17,18)(H2,16,19,20). The molecule has 116 valence electrons. The van der Waals surface area contributed by atoms with Crippen LogP contribution in [0.1, 0.15) is 36.5 Å². The number of sulfonamides is 1. The third-order valence-electron chi connectivity index (χ3n) is 3.33. The molecule has 0 saturated heterocycles. The minimum absolute atomic E-state index is 0.0279. The van der Waals surface area contributed by atoms with Crippen molar-refractivity contribution in [2.75, 3.05) is 0 Å². The van der Waals surface area contributed by atoms with Crippen LogP contribution in [-0.4, -0.2) is 20.4 Å². The SMILES string of the molecule is CC(CC1CC1)NC(=O)c1cc(S(N)(=O)=O)c(F)cc1Br. The molecule has 0 aromatic heterocycles. The predicted octanol–water partition coefficient (Wildman–Crippen LogP) is 2.15.